The summed E-state index contributed by atoms with van der Waals surface area (Å²) >= 11 is 0. The van der Waals surface area contributed by atoms with Crippen LogP contribution in [0.15, 0.2) is 12.3 Å². The second-order valence-electron chi connectivity index (χ2n) is 2.93. The monoisotopic (exact) mass is 182 g/mol. The molecule has 0 aromatic carbocycles. The van der Waals surface area contributed by atoms with Gasteiger partial charge in [0, 0.05) is 12.8 Å². The molecule has 0 amide bonds. The Labute approximate surface area is 77.5 Å². The predicted molar refractivity (Wildman–Crippen MR) is 49.7 cm³/mol. The number of rotatable bonds is 4. The fourth-order valence-corrected chi connectivity index (χ4v) is 1.16. The van der Waals surface area contributed by atoms with E-state index in [1.807, 2.05) is 0 Å². The van der Waals surface area contributed by atoms with Gasteiger partial charge in [0.1, 0.15) is 6.23 Å². The molecule has 0 aliphatic carbocycles. The number of carbonyl (C=O) groups is 1. The van der Waals surface area contributed by atoms with Gasteiger partial charge in [-0.2, -0.15) is 0 Å². The van der Waals surface area contributed by atoms with Crippen LogP contribution in [0.25, 0.3) is 0 Å². The summed E-state index contributed by atoms with van der Waals surface area (Å²) in [5, 5.41) is 10.0. The van der Waals surface area contributed by atoms with Crippen LogP contribution in [0.5, 0.6) is 0 Å². The summed E-state index contributed by atoms with van der Waals surface area (Å²) in [6.45, 7) is 0.788. The van der Waals surface area contributed by atoms with E-state index in [-0.39, 0.29) is 11.9 Å². The maximum atomic E-state index is 10.1. The van der Waals surface area contributed by atoms with Crippen molar-refractivity contribution in [2.24, 2.45) is 0 Å². The van der Waals surface area contributed by atoms with Crippen molar-refractivity contribution in [3.8, 4) is 0 Å². The largest absolute Gasteiger partial charge is 0.366 e. The van der Waals surface area contributed by atoms with Crippen LogP contribution in [0.4, 0.5) is 0 Å². The van der Waals surface area contributed by atoms with Crippen molar-refractivity contribution in [2.45, 2.75) is 25.5 Å². The third kappa shape index (κ3) is 3.85. The summed E-state index contributed by atoms with van der Waals surface area (Å²) in [6, 6.07) is 0. The van der Waals surface area contributed by atoms with Crippen LogP contribution < -0.4 is 5.32 Å². The van der Waals surface area contributed by atoms with E-state index >= 15 is 0 Å². The highest BCUT2D eigenvalue weighted by molar-refractivity contribution is 6.32. The second kappa shape index (κ2) is 5.48. The van der Waals surface area contributed by atoms with E-state index in [2.05, 4.69) is 5.32 Å². The third-order valence-electron chi connectivity index (χ3n) is 1.85. The Kier molecular flexibility index (Phi) is 4.18. The number of carbonyl (C=O) groups excluding carboxylic acids is 1. The van der Waals surface area contributed by atoms with Gasteiger partial charge < -0.3 is 10.1 Å². The molecule has 1 unspecified atom stereocenters. The Hall–Kier alpha value is -1.16. The summed E-state index contributed by atoms with van der Waals surface area (Å²) in [5.41, 5.74) is -0.0386. The first-order valence-corrected chi connectivity index (χ1v) is 4.41. The standard InChI is InChI=1S/C9H14N2O2/c10-8(7-12)4-5-11-9-3-1-2-6-13-9/h4-5,7,9-11H,1-3,6H2/b5-4-,10-8?. The number of nitrogens with one attached hydrogen (secondary N) is 2. The van der Waals surface area contributed by atoms with Gasteiger partial charge in [0.25, 0.3) is 0 Å². The molecule has 0 bridgehead atoms. The van der Waals surface area contributed by atoms with Gasteiger partial charge in [0.15, 0.2) is 6.29 Å². The van der Waals surface area contributed by atoms with E-state index in [0.717, 1.165) is 25.9 Å². The molecule has 1 aliphatic heterocycles. The Bertz CT molecular complexity index is 208. The molecule has 2 N–H and O–H groups in total. The van der Waals surface area contributed by atoms with Crippen LogP contribution in [0.3, 0.4) is 0 Å². The van der Waals surface area contributed by atoms with Crippen molar-refractivity contribution >= 4 is 12.0 Å². The molecular formula is C9H14N2O2. The van der Waals surface area contributed by atoms with Crippen LogP contribution in [0, 0.1) is 5.41 Å². The lowest BCUT2D eigenvalue weighted by Gasteiger charge is -2.22. The number of ether oxygens (including phenoxy) is 1. The van der Waals surface area contributed by atoms with Crippen molar-refractivity contribution in [3.05, 3.63) is 12.3 Å². The Morgan fingerprint density at radius 2 is 2.38 bits per heavy atom. The number of hydrogen-bond donors (Lipinski definition) is 2. The fraction of sp³-hybridized carbons (Fsp3) is 0.556. The molecular weight excluding hydrogens is 168 g/mol. The van der Waals surface area contributed by atoms with Crippen LogP contribution in [-0.2, 0) is 9.53 Å². The average Bonchev–Trinajstić information content (AvgIpc) is 2.19. The van der Waals surface area contributed by atoms with Crippen molar-refractivity contribution in [3.63, 3.8) is 0 Å². The Balaban J connectivity index is 2.20. The van der Waals surface area contributed by atoms with Crippen LogP contribution in [-0.4, -0.2) is 24.8 Å². The van der Waals surface area contributed by atoms with Gasteiger partial charge in [-0.15, -0.1) is 0 Å². The van der Waals surface area contributed by atoms with E-state index in [1.165, 1.54) is 6.08 Å². The van der Waals surface area contributed by atoms with Crippen molar-refractivity contribution in [2.75, 3.05) is 6.61 Å². The molecule has 0 radical (unpaired) electrons. The minimum Gasteiger partial charge on any atom is -0.366 e. The quantitative estimate of drug-likeness (QED) is 0.500. The fourth-order valence-electron chi connectivity index (χ4n) is 1.16. The Morgan fingerprint density at radius 1 is 1.54 bits per heavy atom. The normalized spacial score (nSPS) is 22.9. The minimum absolute atomic E-state index is 0.0386. The van der Waals surface area contributed by atoms with E-state index in [4.69, 9.17) is 10.1 Å². The summed E-state index contributed by atoms with van der Waals surface area (Å²) in [7, 11) is 0. The molecule has 4 heteroatoms. The third-order valence-corrected chi connectivity index (χ3v) is 1.85. The zero-order chi connectivity index (χ0) is 9.52. The van der Waals surface area contributed by atoms with Gasteiger partial charge in [-0.05, 0) is 25.3 Å². The molecule has 1 fully saturated rings. The molecule has 0 spiro atoms. The van der Waals surface area contributed by atoms with Gasteiger partial charge in [-0.3, -0.25) is 10.2 Å². The van der Waals surface area contributed by atoms with Crippen molar-refractivity contribution < 1.29 is 9.53 Å². The topological polar surface area (TPSA) is 62.2 Å². The van der Waals surface area contributed by atoms with Gasteiger partial charge in [0.05, 0.1) is 5.71 Å². The lowest BCUT2D eigenvalue weighted by Crippen LogP contribution is -2.31. The molecule has 1 rings (SSSR count). The molecule has 1 saturated heterocycles. The molecule has 0 saturated carbocycles. The SMILES string of the molecule is N=C(C=O)/C=C\NC1CCCCO1. The summed E-state index contributed by atoms with van der Waals surface area (Å²) in [4.78, 5) is 10.1. The number of aldehydes is 1. The number of hydrogen-bond acceptors (Lipinski definition) is 4. The molecule has 1 aliphatic rings. The first-order chi connectivity index (χ1) is 6.33. The van der Waals surface area contributed by atoms with Crippen molar-refractivity contribution in [1.29, 1.82) is 5.41 Å². The molecule has 0 aromatic heterocycles. The van der Waals surface area contributed by atoms with Crippen LogP contribution >= 0.6 is 0 Å². The Morgan fingerprint density at radius 3 is 3.00 bits per heavy atom. The molecule has 1 heterocycles. The summed E-state index contributed by atoms with van der Waals surface area (Å²) in [6.07, 6.45) is 6.82. The van der Waals surface area contributed by atoms with E-state index in [0.29, 0.717) is 6.29 Å². The zero-order valence-electron chi connectivity index (χ0n) is 7.45. The van der Waals surface area contributed by atoms with Gasteiger partial charge in [-0.1, -0.05) is 0 Å². The maximum absolute atomic E-state index is 10.1. The summed E-state index contributed by atoms with van der Waals surface area (Å²) < 4.78 is 5.37. The minimum atomic E-state index is -0.0386. The van der Waals surface area contributed by atoms with Crippen molar-refractivity contribution in [1.82, 2.24) is 5.32 Å². The van der Waals surface area contributed by atoms with E-state index < -0.39 is 0 Å². The summed E-state index contributed by atoms with van der Waals surface area (Å²) in [5.74, 6) is 0. The first-order valence-electron chi connectivity index (χ1n) is 4.41. The lowest BCUT2D eigenvalue weighted by atomic mass is 10.2. The molecule has 72 valence electrons. The predicted octanol–water partition coefficient (Wildman–Crippen LogP) is 0.835. The molecule has 1 atom stereocenters. The maximum Gasteiger partial charge on any atom is 0.167 e. The van der Waals surface area contributed by atoms with Gasteiger partial charge in [-0.25, -0.2) is 0 Å². The van der Waals surface area contributed by atoms with E-state index in [9.17, 15) is 4.79 Å². The highest BCUT2D eigenvalue weighted by atomic mass is 16.5. The zero-order valence-corrected chi connectivity index (χ0v) is 7.45. The van der Waals surface area contributed by atoms with Gasteiger partial charge in [0.2, 0.25) is 0 Å². The van der Waals surface area contributed by atoms with Gasteiger partial charge >= 0.3 is 0 Å². The van der Waals surface area contributed by atoms with E-state index in [1.54, 1.807) is 6.20 Å². The average molecular weight is 182 g/mol. The molecule has 13 heavy (non-hydrogen) atoms. The molecule has 0 aromatic rings. The highest BCUT2D eigenvalue weighted by Crippen LogP contribution is 2.09. The second-order valence-corrected chi connectivity index (χ2v) is 2.93. The smallest absolute Gasteiger partial charge is 0.167 e. The first kappa shape index (κ1) is 9.92. The van der Waals surface area contributed by atoms with Crippen LogP contribution in [0.1, 0.15) is 19.3 Å². The number of allylic oxidation sites excluding steroid dienone is 1. The lowest BCUT2D eigenvalue weighted by molar-refractivity contribution is -0.102. The highest BCUT2D eigenvalue weighted by Gasteiger charge is 2.10. The van der Waals surface area contributed by atoms with Crippen LogP contribution in [0.2, 0.25) is 0 Å². The molecule has 4 nitrogen and oxygen atoms in total.